The van der Waals surface area contributed by atoms with Crippen LogP contribution in [-0.2, 0) is 24.8 Å². The minimum absolute atomic E-state index is 0.0598. The minimum Gasteiger partial charge on any atom is -0.348 e. The fourth-order valence-electron chi connectivity index (χ4n) is 4.04. The molecule has 3 aromatic rings. The third-order valence-electron chi connectivity index (χ3n) is 5.63. The van der Waals surface area contributed by atoms with Crippen molar-refractivity contribution < 1.29 is 4.79 Å². The van der Waals surface area contributed by atoms with E-state index in [1.165, 1.54) is 28.2 Å². The van der Waals surface area contributed by atoms with E-state index < -0.39 is 0 Å². The lowest BCUT2D eigenvalue weighted by atomic mass is 9.83. The van der Waals surface area contributed by atoms with Gasteiger partial charge in [-0.15, -0.1) is 0 Å². The zero-order chi connectivity index (χ0) is 19.9. The summed E-state index contributed by atoms with van der Waals surface area (Å²) in [7, 11) is 1.73. The first-order valence-electron chi connectivity index (χ1n) is 9.58. The van der Waals surface area contributed by atoms with Gasteiger partial charge in [0, 0.05) is 7.05 Å². The second kappa shape index (κ2) is 6.89. The molecule has 0 aliphatic heterocycles. The molecule has 0 saturated carbocycles. The highest BCUT2D eigenvalue weighted by Crippen LogP contribution is 2.39. The monoisotopic (exact) mass is 379 g/mol. The maximum Gasteiger partial charge on any atom is 0.264 e. The van der Waals surface area contributed by atoms with Gasteiger partial charge in [-0.3, -0.25) is 18.8 Å². The lowest BCUT2D eigenvalue weighted by Gasteiger charge is -2.27. The number of aryl methyl sites for hydroxylation is 2. The van der Waals surface area contributed by atoms with Gasteiger partial charge in [-0.2, -0.15) is 5.10 Å². The van der Waals surface area contributed by atoms with Crippen LogP contribution in [0.4, 0.5) is 0 Å². The van der Waals surface area contributed by atoms with E-state index in [2.05, 4.69) is 41.4 Å². The van der Waals surface area contributed by atoms with Crippen molar-refractivity contribution in [1.29, 1.82) is 0 Å². The SMILES string of the molecule is Cn1ncc2c(=O)n(CC(=O)N[C@@H]3CC(C)(C)CCc4ccccc43)cnc21. The third kappa shape index (κ3) is 3.44. The standard InChI is InChI=1S/C21H25N5O2/c1-21(2)9-8-14-6-4-5-7-15(14)17(10-21)24-18(27)12-26-13-22-19-16(20(26)28)11-23-25(19)3/h4-7,11,13,17H,8-10,12H2,1-3H3,(H,24,27)/t17-/m1/s1. The molecule has 0 unspecified atom stereocenters. The van der Waals surface area contributed by atoms with Crippen molar-refractivity contribution in [2.75, 3.05) is 0 Å². The van der Waals surface area contributed by atoms with Crippen molar-refractivity contribution >= 4 is 16.9 Å². The highest BCUT2D eigenvalue weighted by molar-refractivity contribution is 5.77. The minimum atomic E-state index is -0.255. The summed E-state index contributed by atoms with van der Waals surface area (Å²) in [6.07, 6.45) is 5.86. The van der Waals surface area contributed by atoms with Gasteiger partial charge in [0.2, 0.25) is 5.91 Å². The van der Waals surface area contributed by atoms with Gasteiger partial charge in [0.05, 0.1) is 12.2 Å². The van der Waals surface area contributed by atoms with E-state index in [1.807, 2.05) is 12.1 Å². The number of carbonyl (C=O) groups excluding carboxylic acids is 1. The summed E-state index contributed by atoms with van der Waals surface area (Å²) in [4.78, 5) is 29.7. The van der Waals surface area contributed by atoms with Crippen molar-refractivity contribution in [3.05, 3.63) is 58.3 Å². The predicted molar refractivity (Wildman–Crippen MR) is 107 cm³/mol. The number of nitrogens with one attached hydrogen (secondary N) is 1. The van der Waals surface area contributed by atoms with Crippen molar-refractivity contribution in [2.24, 2.45) is 12.5 Å². The Balaban J connectivity index is 1.58. The smallest absolute Gasteiger partial charge is 0.264 e. The molecule has 1 atom stereocenters. The predicted octanol–water partition coefficient (Wildman–Crippen LogP) is 2.35. The van der Waals surface area contributed by atoms with E-state index in [0.29, 0.717) is 11.0 Å². The van der Waals surface area contributed by atoms with E-state index in [0.717, 1.165) is 19.3 Å². The molecule has 1 aliphatic rings. The number of hydrogen-bond donors (Lipinski definition) is 1. The number of fused-ring (bicyclic) bond motifs is 2. The fourth-order valence-corrected chi connectivity index (χ4v) is 4.04. The highest BCUT2D eigenvalue weighted by atomic mass is 16.2. The maximum absolute atomic E-state index is 12.8. The molecule has 1 aromatic carbocycles. The Morgan fingerprint density at radius 1 is 1.32 bits per heavy atom. The average Bonchev–Trinajstić information content (AvgIpc) is 2.97. The van der Waals surface area contributed by atoms with Gasteiger partial charge in [0.25, 0.3) is 5.56 Å². The van der Waals surface area contributed by atoms with Gasteiger partial charge in [-0.05, 0) is 35.8 Å². The Morgan fingerprint density at radius 2 is 2.11 bits per heavy atom. The summed E-state index contributed by atoms with van der Waals surface area (Å²) in [5, 5.41) is 7.63. The van der Waals surface area contributed by atoms with E-state index in [9.17, 15) is 9.59 Å². The van der Waals surface area contributed by atoms with E-state index in [4.69, 9.17) is 0 Å². The number of amides is 1. The number of hydrogen-bond acceptors (Lipinski definition) is 4. The Labute approximate surface area is 163 Å². The van der Waals surface area contributed by atoms with Crippen LogP contribution < -0.4 is 10.9 Å². The number of carbonyl (C=O) groups is 1. The molecule has 1 aliphatic carbocycles. The van der Waals surface area contributed by atoms with Crippen LogP contribution in [0.15, 0.2) is 41.6 Å². The summed E-state index contributed by atoms with van der Waals surface area (Å²) in [6, 6.07) is 8.23. The molecule has 2 aromatic heterocycles. The molecule has 0 saturated heterocycles. The van der Waals surface area contributed by atoms with Crippen LogP contribution in [0.1, 0.15) is 43.9 Å². The molecule has 0 fully saturated rings. The highest BCUT2D eigenvalue weighted by Gasteiger charge is 2.30. The average molecular weight is 379 g/mol. The first kappa shape index (κ1) is 18.4. The third-order valence-corrected chi connectivity index (χ3v) is 5.63. The Morgan fingerprint density at radius 3 is 2.93 bits per heavy atom. The van der Waals surface area contributed by atoms with E-state index >= 15 is 0 Å². The topological polar surface area (TPSA) is 81.8 Å². The van der Waals surface area contributed by atoms with Gasteiger partial charge in [0.15, 0.2) is 5.65 Å². The van der Waals surface area contributed by atoms with Gasteiger partial charge in [0.1, 0.15) is 18.3 Å². The zero-order valence-corrected chi connectivity index (χ0v) is 16.5. The van der Waals surface area contributed by atoms with Gasteiger partial charge < -0.3 is 5.32 Å². The first-order chi connectivity index (χ1) is 13.3. The molecule has 0 radical (unpaired) electrons. The van der Waals surface area contributed by atoms with Crippen LogP contribution in [0.3, 0.4) is 0 Å². The maximum atomic E-state index is 12.8. The number of benzene rings is 1. The summed E-state index contributed by atoms with van der Waals surface area (Å²) < 4.78 is 2.89. The summed E-state index contributed by atoms with van der Waals surface area (Å²) in [5.74, 6) is -0.190. The molecule has 7 heteroatoms. The van der Waals surface area contributed by atoms with Gasteiger partial charge in [-0.25, -0.2) is 4.98 Å². The lowest BCUT2D eigenvalue weighted by Crippen LogP contribution is -2.36. The van der Waals surface area contributed by atoms with Crippen LogP contribution in [-0.4, -0.2) is 25.2 Å². The van der Waals surface area contributed by atoms with Crippen LogP contribution in [0.25, 0.3) is 11.0 Å². The molecular weight excluding hydrogens is 354 g/mol. The van der Waals surface area contributed by atoms with E-state index in [-0.39, 0.29) is 29.5 Å². The normalized spacial score (nSPS) is 18.5. The first-order valence-corrected chi connectivity index (χ1v) is 9.58. The van der Waals surface area contributed by atoms with E-state index in [1.54, 1.807) is 11.7 Å². The number of aromatic nitrogens is 4. The molecule has 0 spiro atoms. The molecule has 0 bridgehead atoms. The van der Waals surface area contributed by atoms with Gasteiger partial charge >= 0.3 is 0 Å². The number of rotatable bonds is 3. The Bertz CT molecular complexity index is 1100. The largest absolute Gasteiger partial charge is 0.348 e. The van der Waals surface area contributed by atoms with Crippen LogP contribution in [0.5, 0.6) is 0 Å². The fraction of sp³-hybridized carbons (Fsp3) is 0.429. The van der Waals surface area contributed by atoms with Crippen molar-refractivity contribution in [1.82, 2.24) is 24.6 Å². The molecule has 1 N–H and O–H groups in total. The second-order valence-corrected chi connectivity index (χ2v) is 8.37. The summed E-state index contributed by atoms with van der Waals surface area (Å²) >= 11 is 0. The molecule has 4 rings (SSSR count). The lowest BCUT2D eigenvalue weighted by molar-refractivity contribution is -0.122. The van der Waals surface area contributed by atoms with Crippen LogP contribution in [0.2, 0.25) is 0 Å². The second-order valence-electron chi connectivity index (χ2n) is 8.37. The van der Waals surface area contributed by atoms with Crippen molar-refractivity contribution in [3.63, 3.8) is 0 Å². The van der Waals surface area contributed by atoms with Crippen molar-refractivity contribution in [3.8, 4) is 0 Å². The van der Waals surface area contributed by atoms with Gasteiger partial charge in [-0.1, -0.05) is 38.1 Å². The molecule has 2 heterocycles. The molecular formula is C21H25N5O2. The molecule has 1 amide bonds. The zero-order valence-electron chi connectivity index (χ0n) is 16.5. The molecule has 7 nitrogen and oxygen atoms in total. The Kier molecular flexibility index (Phi) is 4.53. The van der Waals surface area contributed by atoms with Crippen LogP contribution >= 0.6 is 0 Å². The number of nitrogens with zero attached hydrogens (tertiary/aromatic N) is 4. The summed E-state index contributed by atoms with van der Waals surface area (Å²) in [6.45, 7) is 4.42. The van der Waals surface area contributed by atoms with Crippen molar-refractivity contribution in [2.45, 2.75) is 45.7 Å². The summed E-state index contributed by atoms with van der Waals surface area (Å²) in [5.41, 5.74) is 2.85. The Hall–Kier alpha value is -2.96. The molecule has 28 heavy (non-hydrogen) atoms. The molecule has 146 valence electrons. The quantitative estimate of drug-likeness (QED) is 0.708. The van der Waals surface area contributed by atoms with Crippen LogP contribution in [0, 0.1) is 5.41 Å².